The van der Waals surface area contributed by atoms with Crippen LogP contribution in [0, 0.1) is 0 Å². The number of aliphatic hydroxyl groups is 1. The second-order valence-electron chi connectivity index (χ2n) is 6.47. The quantitative estimate of drug-likeness (QED) is 0.767. The van der Waals surface area contributed by atoms with Crippen LogP contribution in [-0.2, 0) is 19.1 Å². The monoisotopic (exact) mass is 355 g/mol. The van der Waals surface area contributed by atoms with Crippen molar-refractivity contribution in [2.45, 2.75) is 57.0 Å². The Balaban J connectivity index is 2.86. The average Bonchev–Trinajstić information content (AvgIpc) is 2.31. The number of carbonyl (C=O) groups excluding carboxylic acids is 3. The van der Waals surface area contributed by atoms with Gasteiger partial charge in [-0.1, -0.05) is 0 Å². The molecule has 1 aliphatic rings. The Hall–Kier alpha value is -1.84. The smallest absolute Gasteiger partial charge is 0.428 e. The maximum Gasteiger partial charge on any atom is 0.428 e. The first-order valence-electron chi connectivity index (χ1n) is 7.13. The summed E-state index contributed by atoms with van der Waals surface area (Å²) in [5, 5.41) is 9.61. The summed E-state index contributed by atoms with van der Waals surface area (Å²) in [6.45, 7) is 4.93. The van der Waals surface area contributed by atoms with Gasteiger partial charge in [-0.2, -0.15) is 13.2 Å². The van der Waals surface area contributed by atoms with E-state index >= 15 is 0 Å². The Bertz CT molecular complexity index is 528. The molecule has 10 heteroatoms. The van der Waals surface area contributed by atoms with Crippen LogP contribution >= 0.6 is 0 Å². The Labute approximate surface area is 136 Å². The van der Waals surface area contributed by atoms with Crippen molar-refractivity contribution in [2.75, 3.05) is 13.7 Å². The van der Waals surface area contributed by atoms with Gasteiger partial charge in [0.2, 0.25) is 0 Å². The standard InChI is InChI=1S/C14H20F3NO6/c1-12(2,3)24-11(21)18-6-5-8(18)9(19)7-13(22,10(20)23-4)14(15,16)17/h8,22H,5-7H2,1-4H3. The van der Waals surface area contributed by atoms with Gasteiger partial charge in [0.25, 0.3) is 5.60 Å². The van der Waals surface area contributed by atoms with Crippen molar-refractivity contribution < 1.29 is 42.1 Å². The fourth-order valence-electron chi connectivity index (χ4n) is 2.09. The number of Topliss-reactive ketones (excluding diaryl/α,β-unsaturated/α-hetero) is 1. The van der Waals surface area contributed by atoms with E-state index in [1.54, 1.807) is 20.8 Å². The van der Waals surface area contributed by atoms with E-state index in [0.717, 1.165) is 4.90 Å². The summed E-state index contributed by atoms with van der Waals surface area (Å²) in [7, 11) is 0.667. The minimum Gasteiger partial charge on any atom is -0.467 e. The highest BCUT2D eigenvalue weighted by atomic mass is 19.4. The Morgan fingerprint density at radius 1 is 1.21 bits per heavy atom. The van der Waals surface area contributed by atoms with Gasteiger partial charge in [0.15, 0.2) is 5.78 Å². The predicted molar refractivity (Wildman–Crippen MR) is 74.0 cm³/mol. The number of ether oxygens (including phenoxy) is 2. The summed E-state index contributed by atoms with van der Waals surface area (Å²) in [5.41, 5.74) is -4.78. The van der Waals surface area contributed by atoms with Crippen LogP contribution in [0.25, 0.3) is 0 Å². The molecular formula is C14H20F3NO6. The van der Waals surface area contributed by atoms with E-state index < -0.39 is 47.7 Å². The molecule has 0 aromatic heterocycles. The van der Waals surface area contributed by atoms with Crippen LogP contribution in [0.2, 0.25) is 0 Å². The van der Waals surface area contributed by atoms with E-state index in [4.69, 9.17) is 4.74 Å². The molecule has 1 saturated heterocycles. The lowest BCUT2D eigenvalue weighted by molar-refractivity contribution is -0.262. The first-order valence-corrected chi connectivity index (χ1v) is 7.13. The van der Waals surface area contributed by atoms with Crippen molar-refractivity contribution in [1.82, 2.24) is 4.90 Å². The van der Waals surface area contributed by atoms with E-state index in [1.165, 1.54) is 0 Å². The van der Waals surface area contributed by atoms with Crippen LogP contribution in [0.1, 0.15) is 33.6 Å². The summed E-state index contributed by atoms with van der Waals surface area (Å²) in [4.78, 5) is 36.2. The molecule has 2 atom stereocenters. The van der Waals surface area contributed by atoms with Crippen LogP contribution in [0.3, 0.4) is 0 Å². The fourth-order valence-corrected chi connectivity index (χ4v) is 2.09. The molecule has 0 bridgehead atoms. The number of hydrogen-bond donors (Lipinski definition) is 1. The largest absolute Gasteiger partial charge is 0.467 e. The van der Waals surface area contributed by atoms with Gasteiger partial charge in [-0.15, -0.1) is 0 Å². The third-order valence-corrected chi connectivity index (χ3v) is 3.44. The number of halogens is 3. The SMILES string of the molecule is COC(=O)C(O)(CC(=O)C1CCN1C(=O)OC(C)(C)C)C(F)(F)F. The summed E-state index contributed by atoms with van der Waals surface area (Å²) in [5.74, 6) is -3.08. The second-order valence-corrected chi connectivity index (χ2v) is 6.47. The van der Waals surface area contributed by atoms with Crippen LogP contribution in [-0.4, -0.2) is 64.9 Å². The van der Waals surface area contributed by atoms with Crippen molar-refractivity contribution >= 4 is 17.8 Å². The maximum absolute atomic E-state index is 13.0. The number of methoxy groups -OCH3 is 1. The Morgan fingerprint density at radius 2 is 1.75 bits per heavy atom. The lowest BCUT2D eigenvalue weighted by Crippen LogP contribution is -2.60. The zero-order chi connectivity index (χ0) is 18.9. The molecule has 1 heterocycles. The van der Waals surface area contributed by atoms with Gasteiger partial charge in [-0.25, -0.2) is 9.59 Å². The molecule has 1 N–H and O–H groups in total. The molecule has 0 aromatic carbocycles. The molecule has 0 spiro atoms. The molecule has 2 unspecified atom stereocenters. The highest BCUT2D eigenvalue weighted by Crippen LogP contribution is 2.36. The molecular weight excluding hydrogens is 335 g/mol. The number of esters is 1. The first kappa shape index (κ1) is 20.2. The number of likely N-dealkylation sites (tertiary alicyclic amines) is 1. The number of ketones is 1. The van der Waals surface area contributed by atoms with Crippen molar-refractivity contribution in [3.8, 4) is 0 Å². The minimum absolute atomic E-state index is 0.118. The predicted octanol–water partition coefficient (Wildman–Crippen LogP) is 1.42. The van der Waals surface area contributed by atoms with Gasteiger partial charge < -0.3 is 14.6 Å². The van der Waals surface area contributed by atoms with E-state index in [9.17, 15) is 32.7 Å². The lowest BCUT2D eigenvalue weighted by atomic mass is 9.88. The van der Waals surface area contributed by atoms with E-state index in [2.05, 4.69) is 4.74 Å². The molecule has 1 fully saturated rings. The second kappa shape index (κ2) is 6.58. The Morgan fingerprint density at radius 3 is 2.08 bits per heavy atom. The van der Waals surface area contributed by atoms with Gasteiger partial charge in [0.1, 0.15) is 5.60 Å². The minimum atomic E-state index is -5.39. The molecule has 0 aliphatic carbocycles. The van der Waals surface area contributed by atoms with E-state index in [1.807, 2.05) is 0 Å². The maximum atomic E-state index is 13.0. The molecule has 0 saturated carbocycles. The average molecular weight is 355 g/mol. The fraction of sp³-hybridized carbons (Fsp3) is 0.786. The van der Waals surface area contributed by atoms with Crippen molar-refractivity contribution in [1.29, 1.82) is 0 Å². The van der Waals surface area contributed by atoms with Gasteiger partial charge in [-0.05, 0) is 27.2 Å². The zero-order valence-corrected chi connectivity index (χ0v) is 13.8. The van der Waals surface area contributed by atoms with Crippen LogP contribution < -0.4 is 0 Å². The molecule has 1 rings (SSSR count). The number of alkyl halides is 3. The van der Waals surface area contributed by atoms with Crippen molar-refractivity contribution in [2.24, 2.45) is 0 Å². The molecule has 24 heavy (non-hydrogen) atoms. The summed E-state index contributed by atoms with van der Waals surface area (Å²) in [6.07, 6.45) is -7.66. The van der Waals surface area contributed by atoms with Crippen LogP contribution in [0.4, 0.5) is 18.0 Å². The molecule has 0 radical (unpaired) electrons. The number of carbonyl (C=O) groups is 3. The molecule has 138 valence electrons. The normalized spacial score (nSPS) is 20.7. The number of rotatable bonds is 4. The van der Waals surface area contributed by atoms with Gasteiger partial charge in [0, 0.05) is 6.54 Å². The van der Waals surface area contributed by atoms with Gasteiger partial charge in [0.05, 0.1) is 19.6 Å². The summed E-state index contributed by atoms with van der Waals surface area (Å²) < 4.78 is 47.9. The third-order valence-electron chi connectivity index (χ3n) is 3.44. The van der Waals surface area contributed by atoms with Crippen LogP contribution in [0.15, 0.2) is 0 Å². The summed E-state index contributed by atoms with van der Waals surface area (Å²) >= 11 is 0. The number of hydrogen-bond acceptors (Lipinski definition) is 6. The Kier molecular flexibility index (Phi) is 5.54. The van der Waals surface area contributed by atoms with Crippen molar-refractivity contribution in [3.63, 3.8) is 0 Å². The van der Waals surface area contributed by atoms with E-state index in [0.29, 0.717) is 7.11 Å². The lowest BCUT2D eigenvalue weighted by Gasteiger charge is -2.41. The highest BCUT2D eigenvalue weighted by molar-refractivity contribution is 5.94. The molecule has 1 amide bonds. The highest BCUT2D eigenvalue weighted by Gasteiger charge is 2.62. The third kappa shape index (κ3) is 4.16. The van der Waals surface area contributed by atoms with Crippen molar-refractivity contribution in [3.05, 3.63) is 0 Å². The molecule has 0 aromatic rings. The topological polar surface area (TPSA) is 93.1 Å². The molecule has 1 aliphatic heterocycles. The number of amides is 1. The zero-order valence-electron chi connectivity index (χ0n) is 13.8. The first-order chi connectivity index (χ1) is 10.7. The van der Waals surface area contributed by atoms with Gasteiger partial charge in [-0.3, -0.25) is 9.69 Å². The molecule has 7 nitrogen and oxygen atoms in total. The van der Waals surface area contributed by atoms with E-state index in [-0.39, 0.29) is 13.0 Å². The summed E-state index contributed by atoms with van der Waals surface area (Å²) in [6, 6.07) is -1.18. The van der Waals surface area contributed by atoms with Gasteiger partial charge >= 0.3 is 18.2 Å². The van der Waals surface area contributed by atoms with Crippen LogP contribution in [0.5, 0.6) is 0 Å². The number of nitrogens with zero attached hydrogens (tertiary/aromatic N) is 1.